The predicted octanol–water partition coefficient (Wildman–Crippen LogP) is 1.41. The van der Waals surface area contributed by atoms with Crippen LogP contribution in [0, 0.1) is 6.92 Å². The van der Waals surface area contributed by atoms with E-state index in [0.29, 0.717) is 11.1 Å². The van der Waals surface area contributed by atoms with Gasteiger partial charge in [0.1, 0.15) is 5.82 Å². The summed E-state index contributed by atoms with van der Waals surface area (Å²) in [5.41, 5.74) is 6.58. The van der Waals surface area contributed by atoms with Gasteiger partial charge in [0.05, 0.1) is 0 Å². The van der Waals surface area contributed by atoms with E-state index >= 15 is 0 Å². The van der Waals surface area contributed by atoms with Crippen LogP contribution in [0.4, 0.5) is 5.82 Å². The monoisotopic (exact) mass is 226 g/mol. The van der Waals surface area contributed by atoms with Crippen molar-refractivity contribution in [1.29, 1.82) is 0 Å². The topological polar surface area (TPSA) is 55.0 Å². The molecule has 1 atom stereocenters. The van der Waals surface area contributed by atoms with Gasteiger partial charge in [-0.1, -0.05) is 18.7 Å². The molecule has 0 aliphatic heterocycles. The molecule has 0 fully saturated rings. The Morgan fingerprint density at radius 1 is 1.47 bits per heavy atom. The van der Waals surface area contributed by atoms with Gasteiger partial charge in [0.25, 0.3) is 0 Å². The third-order valence-electron chi connectivity index (χ3n) is 1.78. The maximum Gasteiger partial charge on any atom is 0.190 e. The van der Waals surface area contributed by atoms with E-state index < -0.39 is 0 Å². The zero-order valence-electron chi connectivity index (χ0n) is 9.69. The van der Waals surface area contributed by atoms with Crippen LogP contribution in [-0.4, -0.2) is 40.8 Å². The summed E-state index contributed by atoms with van der Waals surface area (Å²) in [4.78, 5) is 10.7. The van der Waals surface area contributed by atoms with Crippen LogP contribution in [0.1, 0.15) is 12.6 Å². The van der Waals surface area contributed by atoms with Gasteiger partial charge >= 0.3 is 0 Å². The van der Waals surface area contributed by atoms with Gasteiger partial charge in [0.15, 0.2) is 5.16 Å². The zero-order valence-corrected chi connectivity index (χ0v) is 10.5. The molecule has 0 radical (unpaired) electrons. The highest BCUT2D eigenvalue weighted by atomic mass is 32.2. The van der Waals surface area contributed by atoms with Gasteiger partial charge in [-0.25, -0.2) is 9.97 Å². The van der Waals surface area contributed by atoms with E-state index in [-0.39, 0.29) is 0 Å². The third kappa shape index (κ3) is 4.48. The van der Waals surface area contributed by atoms with E-state index in [0.717, 1.165) is 17.4 Å². The molecule has 1 rings (SSSR count). The number of nitrogens with zero attached hydrogens (tertiary/aromatic N) is 3. The van der Waals surface area contributed by atoms with Crippen molar-refractivity contribution in [2.75, 3.05) is 26.4 Å². The largest absolute Gasteiger partial charge is 0.384 e. The number of rotatable bonds is 4. The number of nitrogen functional groups attached to an aromatic ring is 1. The Balaban J connectivity index is 2.63. The van der Waals surface area contributed by atoms with Crippen LogP contribution in [0.25, 0.3) is 0 Å². The van der Waals surface area contributed by atoms with Crippen LogP contribution in [0.2, 0.25) is 0 Å². The smallest absolute Gasteiger partial charge is 0.190 e. The van der Waals surface area contributed by atoms with Gasteiger partial charge in [0.2, 0.25) is 0 Å². The fraction of sp³-hybridized carbons (Fsp3) is 0.600. The van der Waals surface area contributed by atoms with E-state index in [4.69, 9.17) is 5.73 Å². The summed E-state index contributed by atoms with van der Waals surface area (Å²) in [6.07, 6.45) is 0. The normalized spacial score (nSPS) is 13.1. The fourth-order valence-electron chi connectivity index (χ4n) is 1.35. The van der Waals surface area contributed by atoms with Crippen molar-refractivity contribution in [3.8, 4) is 0 Å². The maximum atomic E-state index is 5.66. The van der Waals surface area contributed by atoms with Crippen molar-refractivity contribution in [1.82, 2.24) is 14.9 Å². The molecule has 1 aromatic rings. The van der Waals surface area contributed by atoms with Crippen molar-refractivity contribution in [2.45, 2.75) is 24.3 Å². The van der Waals surface area contributed by atoms with Gasteiger partial charge in [-0.2, -0.15) is 0 Å². The molecule has 0 bridgehead atoms. The lowest BCUT2D eigenvalue weighted by Gasteiger charge is -2.15. The van der Waals surface area contributed by atoms with Crippen LogP contribution in [-0.2, 0) is 0 Å². The number of aromatic nitrogens is 2. The molecule has 0 unspecified atom stereocenters. The minimum atomic E-state index is 0.459. The number of aryl methyl sites for hydroxylation is 1. The second-order valence-electron chi connectivity index (χ2n) is 3.91. The van der Waals surface area contributed by atoms with Crippen molar-refractivity contribution in [3.05, 3.63) is 11.8 Å². The highest BCUT2D eigenvalue weighted by Gasteiger charge is 2.08. The predicted molar refractivity (Wildman–Crippen MR) is 65.1 cm³/mol. The third-order valence-corrected chi connectivity index (χ3v) is 2.73. The lowest BCUT2D eigenvalue weighted by molar-refractivity contribution is 0.413. The summed E-state index contributed by atoms with van der Waals surface area (Å²) < 4.78 is 0. The van der Waals surface area contributed by atoms with Crippen LogP contribution in [0.5, 0.6) is 0 Å². The van der Waals surface area contributed by atoms with Crippen molar-refractivity contribution >= 4 is 17.6 Å². The summed E-state index contributed by atoms with van der Waals surface area (Å²) in [5.74, 6) is 0.544. The molecule has 5 heteroatoms. The molecule has 1 aromatic heterocycles. The Bertz CT molecular complexity index is 307. The number of anilines is 1. The summed E-state index contributed by atoms with van der Waals surface area (Å²) in [6, 6.07) is 1.78. The Hall–Kier alpha value is -0.810. The van der Waals surface area contributed by atoms with Crippen LogP contribution < -0.4 is 5.73 Å². The van der Waals surface area contributed by atoms with E-state index in [9.17, 15) is 0 Å². The van der Waals surface area contributed by atoms with Gasteiger partial charge < -0.3 is 10.6 Å². The summed E-state index contributed by atoms with van der Waals surface area (Å²) in [7, 11) is 4.12. The van der Waals surface area contributed by atoms with Gasteiger partial charge in [-0.15, -0.1) is 0 Å². The Kier molecular flexibility index (Phi) is 4.35. The molecule has 0 saturated heterocycles. The van der Waals surface area contributed by atoms with Crippen molar-refractivity contribution in [2.24, 2.45) is 0 Å². The second-order valence-corrected chi connectivity index (χ2v) is 5.31. The molecule has 0 aliphatic rings. The van der Waals surface area contributed by atoms with Crippen LogP contribution in [0.3, 0.4) is 0 Å². The molecule has 2 N–H and O–H groups in total. The van der Waals surface area contributed by atoms with Crippen LogP contribution >= 0.6 is 11.8 Å². The van der Waals surface area contributed by atoms with Crippen LogP contribution in [0.15, 0.2) is 11.2 Å². The standard InChI is InChI=1S/C10H18N4S/c1-7-5-9(11)13-10(12-7)15-8(2)6-14(3)4/h5,8H,6H2,1-4H3,(H2,11,12,13)/t8-/m0/s1. The van der Waals surface area contributed by atoms with Crippen molar-refractivity contribution < 1.29 is 0 Å². The quantitative estimate of drug-likeness (QED) is 0.621. The Morgan fingerprint density at radius 2 is 2.13 bits per heavy atom. The number of nitrogens with two attached hydrogens (primary N) is 1. The van der Waals surface area contributed by atoms with Crippen molar-refractivity contribution in [3.63, 3.8) is 0 Å². The Labute approximate surface area is 95.3 Å². The van der Waals surface area contributed by atoms with E-state index in [2.05, 4.69) is 35.9 Å². The first-order chi connectivity index (χ1) is 6.97. The first kappa shape index (κ1) is 12.3. The van der Waals surface area contributed by atoms with Gasteiger partial charge in [0, 0.05) is 23.6 Å². The van der Waals surface area contributed by atoms with E-state index in [1.807, 2.05) is 6.92 Å². The zero-order chi connectivity index (χ0) is 11.4. The fourth-order valence-corrected chi connectivity index (χ4v) is 2.44. The lowest BCUT2D eigenvalue weighted by Crippen LogP contribution is -2.21. The molecular weight excluding hydrogens is 208 g/mol. The van der Waals surface area contributed by atoms with Gasteiger partial charge in [-0.05, 0) is 21.0 Å². The molecule has 0 saturated carbocycles. The number of thioether (sulfide) groups is 1. The number of hydrogen-bond donors (Lipinski definition) is 1. The summed E-state index contributed by atoms with van der Waals surface area (Å²) in [5, 5.41) is 1.23. The lowest BCUT2D eigenvalue weighted by atomic mass is 10.4. The molecular formula is C10H18N4S. The highest BCUT2D eigenvalue weighted by molar-refractivity contribution is 7.99. The molecule has 0 aliphatic carbocycles. The van der Waals surface area contributed by atoms with Gasteiger partial charge in [-0.3, -0.25) is 0 Å². The second kappa shape index (κ2) is 5.32. The minimum absolute atomic E-state index is 0.459. The molecule has 0 amide bonds. The van der Waals surface area contributed by atoms with E-state index in [1.54, 1.807) is 17.8 Å². The maximum absolute atomic E-state index is 5.66. The molecule has 15 heavy (non-hydrogen) atoms. The first-order valence-electron chi connectivity index (χ1n) is 4.90. The highest BCUT2D eigenvalue weighted by Crippen LogP contribution is 2.20. The summed E-state index contributed by atoms with van der Waals surface area (Å²) in [6.45, 7) is 5.09. The SMILES string of the molecule is Cc1cc(N)nc(S[C@@H](C)CN(C)C)n1. The molecule has 0 spiro atoms. The average Bonchev–Trinajstić information content (AvgIpc) is 1.98. The molecule has 1 heterocycles. The van der Waals surface area contributed by atoms with E-state index in [1.165, 1.54) is 0 Å². The molecule has 0 aromatic carbocycles. The number of hydrogen-bond acceptors (Lipinski definition) is 5. The Morgan fingerprint density at radius 3 is 2.67 bits per heavy atom. The minimum Gasteiger partial charge on any atom is -0.384 e. The first-order valence-corrected chi connectivity index (χ1v) is 5.78. The average molecular weight is 226 g/mol. The summed E-state index contributed by atoms with van der Waals surface area (Å²) >= 11 is 1.66. The molecule has 84 valence electrons. The molecule has 4 nitrogen and oxygen atoms in total.